The molecule has 1 amide bonds. The first-order valence-corrected chi connectivity index (χ1v) is 6.26. The van der Waals surface area contributed by atoms with Gasteiger partial charge in [-0.05, 0) is 18.6 Å². The molecule has 1 N–H and O–H groups in total. The third-order valence-electron chi connectivity index (χ3n) is 3.18. The number of para-hydroxylation sites is 1. The number of methoxy groups -OCH3 is 2. The monoisotopic (exact) mass is 265 g/mol. The largest absolute Gasteiger partial charge is 0.480 e. The Labute approximate surface area is 112 Å². The maximum atomic E-state index is 12.1. The lowest BCUT2D eigenvalue weighted by molar-refractivity contribution is -0.140. The van der Waals surface area contributed by atoms with Gasteiger partial charge in [0.15, 0.2) is 12.4 Å². The van der Waals surface area contributed by atoms with E-state index in [9.17, 15) is 4.79 Å². The van der Waals surface area contributed by atoms with Crippen LogP contribution in [0.5, 0.6) is 5.75 Å². The van der Waals surface area contributed by atoms with Crippen molar-refractivity contribution in [2.45, 2.75) is 31.8 Å². The van der Waals surface area contributed by atoms with E-state index in [-0.39, 0.29) is 11.9 Å². The van der Waals surface area contributed by atoms with Crippen LogP contribution < -0.4 is 10.1 Å². The number of carbonyl (C=O) groups is 1. The minimum Gasteiger partial charge on any atom is -0.480 e. The number of hydrogen-bond acceptors (Lipinski definition) is 4. The van der Waals surface area contributed by atoms with E-state index in [1.807, 2.05) is 31.2 Å². The van der Waals surface area contributed by atoms with Crippen molar-refractivity contribution in [3.8, 4) is 5.75 Å². The highest BCUT2D eigenvalue weighted by atomic mass is 16.7. The van der Waals surface area contributed by atoms with Crippen LogP contribution in [0.1, 0.15) is 12.5 Å². The lowest BCUT2D eigenvalue weighted by Crippen LogP contribution is -2.48. The summed E-state index contributed by atoms with van der Waals surface area (Å²) < 4.78 is 15.8. The van der Waals surface area contributed by atoms with E-state index in [1.54, 1.807) is 14.2 Å². The fraction of sp³-hybridized carbons (Fsp3) is 0.500. The number of fused-ring (bicyclic) bond motifs is 1. The second-order valence-electron chi connectivity index (χ2n) is 4.56. The van der Waals surface area contributed by atoms with Gasteiger partial charge in [-0.25, -0.2) is 0 Å². The van der Waals surface area contributed by atoms with Crippen molar-refractivity contribution in [3.05, 3.63) is 29.8 Å². The number of ether oxygens (including phenoxy) is 3. The second kappa shape index (κ2) is 6.04. The van der Waals surface area contributed by atoms with E-state index in [1.165, 1.54) is 0 Å². The van der Waals surface area contributed by atoms with Gasteiger partial charge in [0, 0.05) is 20.6 Å². The summed E-state index contributed by atoms with van der Waals surface area (Å²) >= 11 is 0. The highest BCUT2D eigenvalue weighted by molar-refractivity contribution is 5.82. The van der Waals surface area contributed by atoms with Gasteiger partial charge in [0.1, 0.15) is 5.75 Å². The van der Waals surface area contributed by atoms with Crippen LogP contribution in [0.3, 0.4) is 0 Å². The normalized spacial score (nSPS) is 18.8. The first kappa shape index (κ1) is 13.8. The first-order valence-electron chi connectivity index (χ1n) is 6.26. The average Bonchev–Trinajstić information content (AvgIpc) is 2.84. The molecule has 5 nitrogen and oxygen atoms in total. The fourth-order valence-corrected chi connectivity index (χ4v) is 2.22. The molecule has 1 aliphatic rings. The van der Waals surface area contributed by atoms with Crippen LogP contribution in [0, 0.1) is 0 Å². The fourth-order valence-electron chi connectivity index (χ4n) is 2.22. The molecule has 5 heteroatoms. The SMILES string of the molecule is COC(OC)C(C)NC(=O)C1Cc2ccccc2O1. The van der Waals surface area contributed by atoms with Gasteiger partial charge in [0.05, 0.1) is 6.04 Å². The topological polar surface area (TPSA) is 56.8 Å². The lowest BCUT2D eigenvalue weighted by atomic mass is 10.1. The zero-order valence-corrected chi connectivity index (χ0v) is 11.4. The summed E-state index contributed by atoms with van der Waals surface area (Å²) in [7, 11) is 3.08. The molecule has 2 atom stereocenters. The molecule has 2 unspecified atom stereocenters. The van der Waals surface area contributed by atoms with E-state index in [2.05, 4.69) is 5.32 Å². The molecule has 0 aliphatic carbocycles. The van der Waals surface area contributed by atoms with Crippen LogP contribution in [-0.2, 0) is 20.7 Å². The lowest BCUT2D eigenvalue weighted by Gasteiger charge is -2.23. The third-order valence-corrected chi connectivity index (χ3v) is 3.18. The number of hydrogen-bond donors (Lipinski definition) is 1. The summed E-state index contributed by atoms with van der Waals surface area (Å²) in [4.78, 5) is 12.1. The van der Waals surface area contributed by atoms with Gasteiger partial charge in [0.2, 0.25) is 0 Å². The molecular weight excluding hydrogens is 246 g/mol. The van der Waals surface area contributed by atoms with Crippen molar-refractivity contribution in [1.82, 2.24) is 5.32 Å². The molecule has 1 heterocycles. The molecule has 0 fully saturated rings. The predicted molar refractivity (Wildman–Crippen MR) is 70.0 cm³/mol. The summed E-state index contributed by atoms with van der Waals surface area (Å²) in [5.41, 5.74) is 1.06. The Morgan fingerprint density at radius 3 is 2.68 bits per heavy atom. The number of nitrogens with one attached hydrogen (secondary N) is 1. The van der Waals surface area contributed by atoms with E-state index in [4.69, 9.17) is 14.2 Å². The summed E-state index contributed by atoms with van der Waals surface area (Å²) in [5, 5.41) is 2.84. The zero-order valence-electron chi connectivity index (χ0n) is 11.4. The Kier molecular flexibility index (Phi) is 4.39. The van der Waals surface area contributed by atoms with Crippen molar-refractivity contribution < 1.29 is 19.0 Å². The first-order chi connectivity index (χ1) is 9.15. The molecule has 0 spiro atoms. The van der Waals surface area contributed by atoms with Gasteiger partial charge in [-0.2, -0.15) is 0 Å². The summed E-state index contributed by atoms with van der Waals surface area (Å²) in [6.07, 6.45) is -0.346. The van der Waals surface area contributed by atoms with Gasteiger partial charge in [-0.1, -0.05) is 18.2 Å². The van der Waals surface area contributed by atoms with E-state index in [0.29, 0.717) is 6.42 Å². The van der Waals surface area contributed by atoms with E-state index < -0.39 is 12.4 Å². The number of amides is 1. The van der Waals surface area contributed by atoms with Gasteiger partial charge < -0.3 is 19.5 Å². The van der Waals surface area contributed by atoms with Crippen molar-refractivity contribution in [2.75, 3.05) is 14.2 Å². The molecule has 1 aromatic rings. The van der Waals surface area contributed by atoms with Crippen molar-refractivity contribution in [1.29, 1.82) is 0 Å². The molecule has 0 bridgehead atoms. The maximum Gasteiger partial charge on any atom is 0.261 e. The highest BCUT2D eigenvalue weighted by Gasteiger charge is 2.30. The molecule has 2 rings (SSSR count). The second-order valence-corrected chi connectivity index (χ2v) is 4.56. The molecule has 0 aromatic heterocycles. The maximum absolute atomic E-state index is 12.1. The quantitative estimate of drug-likeness (QED) is 0.810. The Hall–Kier alpha value is -1.59. The Bertz CT molecular complexity index is 420. The predicted octanol–water partition coefficient (Wildman–Crippen LogP) is 1.11. The molecule has 104 valence electrons. The molecule has 19 heavy (non-hydrogen) atoms. The number of rotatable bonds is 5. The molecule has 0 saturated carbocycles. The third kappa shape index (κ3) is 3.05. The minimum absolute atomic E-state index is 0.150. The summed E-state index contributed by atoms with van der Waals surface area (Å²) in [6.45, 7) is 1.83. The van der Waals surface area contributed by atoms with Crippen LogP contribution in [0.25, 0.3) is 0 Å². The minimum atomic E-state index is -0.478. The smallest absolute Gasteiger partial charge is 0.261 e. The Morgan fingerprint density at radius 1 is 1.37 bits per heavy atom. The molecule has 1 aromatic carbocycles. The standard InChI is InChI=1S/C14H19NO4/c1-9(14(17-2)18-3)15-13(16)12-8-10-6-4-5-7-11(10)19-12/h4-7,9,12,14H,8H2,1-3H3,(H,15,16). The van der Waals surface area contributed by atoms with Crippen LogP contribution in [-0.4, -0.2) is 38.6 Å². The Morgan fingerprint density at radius 2 is 2.05 bits per heavy atom. The molecular formula is C14H19NO4. The van der Waals surface area contributed by atoms with Gasteiger partial charge in [-0.3, -0.25) is 4.79 Å². The molecule has 0 radical (unpaired) electrons. The number of carbonyl (C=O) groups excluding carboxylic acids is 1. The van der Waals surface area contributed by atoms with Gasteiger partial charge in [-0.15, -0.1) is 0 Å². The van der Waals surface area contributed by atoms with Crippen molar-refractivity contribution in [3.63, 3.8) is 0 Å². The Balaban J connectivity index is 1.93. The zero-order chi connectivity index (χ0) is 13.8. The van der Waals surface area contributed by atoms with Crippen LogP contribution in [0.2, 0.25) is 0 Å². The highest BCUT2D eigenvalue weighted by Crippen LogP contribution is 2.28. The average molecular weight is 265 g/mol. The van der Waals surface area contributed by atoms with Gasteiger partial charge in [0.25, 0.3) is 5.91 Å². The molecule has 0 saturated heterocycles. The number of benzene rings is 1. The summed E-state index contributed by atoms with van der Waals surface area (Å²) in [5.74, 6) is 0.633. The van der Waals surface area contributed by atoms with Crippen molar-refractivity contribution in [2.24, 2.45) is 0 Å². The van der Waals surface area contributed by atoms with Crippen LogP contribution >= 0.6 is 0 Å². The van der Waals surface area contributed by atoms with E-state index in [0.717, 1.165) is 11.3 Å². The van der Waals surface area contributed by atoms with Crippen LogP contribution in [0.15, 0.2) is 24.3 Å². The summed E-state index contributed by atoms with van der Waals surface area (Å²) in [6, 6.07) is 7.44. The molecule has 1 aliphatic heterocycles. The van der Waals surface area contributed by atoms with Crippen LogP contribution in [0.4, 0.5) is 0 Å². The van der Waals surface area contributed by atoms with Crippen molar-refractivity contribution >= 4 is 5.91 Å². The van der Waals surface area contributed by atoms with E-state index >= 15 is 0 Å². The van der Waals surface area contributed by atoms with Gasteiger partial charge >= 0.3 is 0 Å².